The van der Waals surface area contributed by atoms with E-state index in [1.807, 2.05) is 26.0 Å². The van der Waals surface area contributed by atoms with Gasteiger partial charge in [0.2, 0.25) is 0 Å². The quantitative estimate of drug-likeness (QED) is 0.880. The van der Waals surface area contributed by atoms with Crippen LogP contribution in [0.2, 0.25) is 0 Å². The van der Waals surface area contributed by atoms with Crippen LogP contribution in [0.25, 0.3) is 10.9 Å². The molecule has 4 nitrogen and oxygen atoms in total. The molecule has 0 atom stereocenters. The van der Waals surface area contributed by atoms with Crippen molar-refractivity contribution in [1.82, 2.24) is 4.73 Å². The highest BCUT2D eigenvalue weighted by Gasteiger charge is 2.02. The van der Waals surface area contributed by atoms with Gasteiger partial charge in [0.25, 0.3) is 0 Å². The Hall–Kier alpha value is -1.99. The van der Waals surface area contributed by atoms with E-state index in [1.165, 1.54) is 0 Å². The highest BCUT2D eigenvalue weighted by molar-refractivity contribution is 5.81. The predicted octanol–water partition coefficient (Wildman–Crippen LogP) is 1.96. The first-order chi connectivity index (χ1) is 8.35. The van der Waals surface area contributed by atoms with Gasteiger partial charge in [-0.05, 0) is 18.2 Å². The molecule has 17 heavy (non-hydrogen) atoms. The minimum absolute atomic E-state index is 0.0301. The molecule has 1 N–H and O–H groups in total. The summed E-state index contributed by atoms with van der Waals surface area (Å²) in [5, 5.41) is 18.4. The van der Waals surface area contributed by atoms with E-state index in [2.05, 4.69) is 6.07 Å². The van der Waals surface area contributed by atoms with E-state index in [0.29, 0.717) is 5.56 Å². The van der Waals surface area contributed by atoms with Gasteiger partial charge in [-0.1, -0.05) is 19.9 Å². The molecule has 0 saturated carbocycles. The molecule has 1 aromatic heterocycles. The second kappa shape index (κ2) is 6.56. The lowest BCUT2D eigenvalue weighted by Gasteiger charge is -2.06. The number of benzene rings is 1. The fourth-order valence-corrected chi connectivity index (χ4v) is 1.43. The third-order valence-electron chi connectivity index (χ3n) is 2.11. The maximum absolute atomic E-state index is 8.76. The highest BCUT2D eigenvalue weighted by Crippen LogP contribution is 2.16. The van der Waals surface area contributed by atoms with Gasteiger partial charge in [0.1, 0.15) is 6.61 Å². The maximum Gasteiger partial charge on any atom is 0.138 e. The molecule has 1 aromatic carbocycles. The van der Waals surface area contributed by atoms with Crippen molar-refractivity contribution >= 4 is 10.9 Å². The van der Waals surface area contributed by atoms with Crippen LogP contribution < -0.4 is 4.84 Å². The summed E-state index contributed by atoms with van der Waals surface area (Å²) >= 11 is 0. The van der Waals surface area contributed by atoms with Crippen molar-refractivity contribution in [3.63, 3.8) is 0 Å². The Morgan fingerprint density at radius 2 is 2.12 bits per heavy atom. The number of hydrogen-bond acceptors (Lipinski definition) is 3. The predicted molar refractivity (Wildman–Crippen MR) is 66.5 cm³/mol. The van der Waals surface area contributed by atoms with Crippen LogP contribution in [0.1, 0.15) is 19.4 Å². The summed E-state index contributed by atoms with van der Waals surface area (Å²) in [6.07, 6.45) is 1.77. The van der Waals surface area contributed by atoms with Crippen molar-refractivity contribution in [3.8, 4) is 6.07 Å². The SMILES string of the molecule is CC.N#Cc1ccc2ccn(OCCO)c2c1. The normalized spacial score (nSPS) is 9.29. The van der Waals surface area contributed by atoms with Gasteiger partial charge in [-0.2, -0.15) is 9.99 Å². The van der Waals surface area contributed by atoms with Gasteiger partial charge >= 0.3 is 0 Å². The molecule has 0 fully saturated rings. The monoisotopic (exact) mass is 232 g/mol. The molecular formula is C13H16N2O2. The third kappa shape index (κ3) is 2.99. The van der Waals surface area contributed by atoms with Crippen molar-refractivity contribution in [3.05, 3.63) is 36.0 Å². The van der Waals surface area contributed by atoms with E-state index in [-0.39, 0.29) is 13.2 Å². The molecule has 90 valence electrons. The van der Waals surface area contributed by atoms with Crippen molar-refractivity contribution in [2.45, 2.75) is 13.8 Å². The molecule has 0 aliphatic rings. The van der Waals surface area contributed by atoms with Crippen molar-refractivity contribution in [1.29, 1.82) is 5.26 Å². The summed E-state index contributed by atoms with van der Waals surface area (Å²) in [6.45, 7) is 4.21. The van der Waals surface area contributed by atoms with Crippen molar-refractivity contribution in [2.75, 3.05) is 13.2 Å². The number of aromatic nitrogens is 1. The minimum Gasteiger partial charge on any atom is -0.411 e. The largest absolute Gasteiger partial charge is 0.411 e. The first kappa shape index (κ1) is 13.1. The summed E-state index contributed by atoms with van der Waals surface area (Å²) < 4.78 is 1.56. The van der Waals surface area contributed by atoms with E-state index in [1.54, 1.807) is 23.1 Å². The first-order valence-electron chi connectivity index (χ1n) is 5.60. The molecule has 0 amide bonds. The smallest absolute Gasteiger partial charge is 0.138 e. The number of aliphatic hydroxyl groups is 1. The van der Waals surface area contributed by atoms with Crippen molar-refractivity contribution < 1.29 is 9.94 Å². The van der Waals surface area contributed by atoms with E-state index >= 15 is 0 Å². The van der Waals surface area contributed by atoms with Crippen molar-refractivity contribution in [2.24, 2.45) is 0 Å². The molecule has 0 aliphatic heterocycles. The van der Waals surface area contributed by atoms with Crippen LogP contribution in [0.15, 0.2) is 30.5 Å². The zero-order valence-electron chi connectivity index (χ0n) is 10.1. The molecule has 0 saturated heterocycles. The molecule has 0 aliphatic carbocycles. The Balaban J connectivity index is 0.000000686. The zero-order valence-corrected chi connectivity index (χ0v) is 10.1. The molecule has 0 unspecified atom stereocenters. The number of nitriles is 1. The zero-order chi connectivity index (χ0) is 12.7. The Morgan fingerprint density at radius 1 is 1.35 bits per heavy atom. The molecule has 4 heteroatoms. The number of fused-ring (bicyclic) bond motifs is 1. The number of hydrogen-bond donors (Lipinski definition) is 1. The lowest BCUT2D eigenvalue weighted by atomic mass is 10.2. The fraction of sp³-hybridized carbons (Fsp3) is 0.308. The molecule has 1 heterocycles. The van der Waals surface area contributed by atoms with Gasteiger partial charge in [0.05, 0.1) is 23.8 Å². The number of rotatable bonds is 3. The molecule has 2 aromatic rings. The number of nitrogens with zero attached hydrogens (tertiary/aromatic N) is 2. The molecular weight excluding hydrogens is 216 g/mol. The lowest BCUT2D eigenvalue weighted by molar-refractivity contribution is 0.0832. The standard InChI is InChI=1S/C11H10N2O2.C2H6/c12-8-9-1-2-10-3-4-13(11(10)7-9)15-6-5-14;1-2/h1-4,7,14H,5-6H2;1-2H3. The summed E-state index contributed by atoms with van der Waals surface area (Å²) in [6, 6.07) is 9.36. The van der Waals surface area contributed by atoms with E-state index in [9.17, 15) is 0 Å². The van der Waals surface area contributed by atoms with E-state index < -0.39 is 0 Å². The first-order valence-corrected chi connectivity index (χ1v) is 5.60. The van der Waals surface area contributed by atoms with Crippen LogP contribution in [0.3, 0.4) is 0 Å². The summed E-state index contributed by atoms with van der Waals surface area (Å²) in [5.41, 5.74) is 1.43. The molecule has 0 bridgehead atoms. The minimum atomic E-state index is -0.0301. The van der Waals surface area contributed by atoms with Crippen LogP contribution in [0, 0.1) is 11.3 Å². The number of aliphatic hydroxyl groups excluding tert-OH is 1. The van der Waals surface area contributed by atoms with Crippen LogP contribution in [-0.4, -0.2) is 23.1 Å². The summed E-state index contributed by atoms with van der Waals surface area (Å²) in [7, 11) is 0. The van der Waals surface area contributed by atoms with E-state index in [4.69, 9.17) is 15.2 Å². The lowest BCUT2D eigenvalue weighted by Crippen LogP contribution is -2.13. The maximum atomic E-state index is 8.76. The fourth-order valence-electron chi connectivity index (χ4n) is 1.43. The van der Waals surface area contributed by atoms with Crippen LogP contribution in [0.4, 0.5) is 0 Å². The Morgan fingerprint density at radius 3 is 2.76 bits per heavy atom. The third-order valence-corrected chi connectivity index (χ3v) is 2.11. The van der Waals surface area contributed by atoms with Gasteiger partial charge in [-0.15, -0.1) is 0 Å². The topological polar surface area (TPSA) is 58.2 Å². The van der Waals surface area contributed by atoms with Crippen LogP contribution in [0.5, 0.6) is 0 Å². The molecule has 0 spiro atoms. The average molecular weight is 232 g/mol. The van der Waals surface area contributed by atoms with Crippen LogP contribution >= 0.6 is 0 Å². The van der Waals surface area contributed by atoms with Crippen LogP contribution in [-0.2, 0) is 0 Å². The molecule has 0 radical (unpaired) electrons. The Bertz CT molecular complexity index is 512. The average Bonchev–Trinajstić information content (AvgIpc) is 2.80. The summed E-state index contributed by atoms with van der Waals surface area (Å²) in [5.74, 6) is 0. The summed E-state index contributed by atoms with van der Waals surface area (Å²) in [4.78, 5) is 5.27. The Labute approximate surface area is 101 Å². The second-order valence-electron chi connectivity index (χ2n) is 3.08. The highest BCUT2D eigenvalue weighted by atomic mass is 16.7. The second-order valence-corrected chi connectivity index (χ2v) is 3.08. The van der Waals surface area contributed by atoms with E-state index in [0.717, 1.165) is 10.9 Å². The van der Waals surface area contributed by atoms with Gasteiger partial charge in [-0.3, -0.25) is 0 Å². The Kier molecular flexibility index (Phi) is 5.05. The van der Waals surface area contributed by atoms with Gasteiger partial charge in [0.15, 0.2) is 0 Å². The van der Waals surface area contributed by atoms with Gasteiger partial charge < -0.3 is 9.94 Å². The van der Waals surface area contributed by atoms with Gasteiger partial charge in [-0.25, -0.2) is 0 Å². The molecule has 2 rings (SSSR count). The van der Waals surface area contributed by atoms with Gasteiger partial charge in [0, 0.05) is 11.6 Å².